The first-order chi connectivity index (χ1) is 13.8. The monoisotopic (exact) mass is 381 g/mol. The number of carbonyl (C=O) groups is 1. The van der Waals surface area contributed by atoms with Gasteiger partial charge in [0.2, 0.25) is 5.91 Å². The molecule has 2 saturated heterocycles. The molecule has 0 aliphatic carbocycles. The molecule has 2 aliphatic rings. The van der Waals surface area contributed by atoms with E-state index in [-0.39, 0.29) is 12.0 Å². The molecule has 6 nitrogen and oxygen atoms in total. The standard InChI is InChI=1S/C22H31N5O/c1-2-6-20-19(15-24-25-20)22(28)26-12-9-18(10-13-26)21-23-11-14-27(21)16-17-7-4-3-5-8-17/h3-5,7-8,11,14,18-20,24-25H,2,6,9-10,12-13,15-16H2,1H3. The molecule has 2 N–H and O–H groups in total. The fraction of sp³-hybridized carbons (Fsp3) is 0.545. The van der Waals surface area contributed by atoms with Gasteiger partial charge in [0.05, 0.1) is 5.92 Å². The normalized spacial score (nSPS) is 23.2. The molecule has 3 heterocycles. The third kappa shape index (κ3) is 4.13. The van der Waals surface area contributed by atoms with Crippen molar-refractivity contribution in [2.24, 2.45) is 5.92 Å². The lowest BCUT2D eigenvalue weighted by molar-refractivity contribution is -0.136. The number of piperidine rings is 1. The van der Waals surface area contributed by atoms with E-state index in [1.54, 1.807) is 0 Å². The van der Waals surface area contributed by atoms with Gasteiger partial charge in [0.15, 0.2) is 0 Å². The van der Waals surface area contributed by atoms with Crippen LogP contribution in [0.25, 0.3) is 0 Å². The summed E-state index contributed by atoms with van der Waals surface area (Å²) in [5, 5.41) is 0. The zero-order valence-corrected chi connectivity index (χ0v) is 16.7. The minimum absolute atomic E-state index is 0.0663. The molecule has 2 aliphatic heterocycles. The number of likely N-dealkylation sites (tertiary alicyclic amines) is 1. The van der Waals surface area contributed by atoms with E-state index in [1.165, 1.54) is 5.56 Å². The number of hydrazine groups is 1. The third-order valence-corrected chi connectivity index (χ3v) is 6.13. The van der Waals surface area contributed by atoms with Gasteiger partial charge in [0, 0.05) is 50.5 Å². The van der Waals surface area contributed by atoms with Crippen molar-refractivity contribution in [3.8, 4) is 0 Å². The number of hydrogen-bond acceptors (Lipinski definition) is 4. The zero-order chi connectivity index (χ0) is 19.3. The Hall–Kier alpha value is -2.18. The number of rotatable bonds is 6. The lowest BCUT2D eigenvalue weighted by Gasteiger charge is -2.34. The molecule has 1 aromatic carbocycles. The lowest BCUT2D eigenvalue weighted by atomic mass is 9.92. The van der Waals surface area contributed by atoms with Crippen molar-refractivity contribution in [2.45, 2.75) is 51.1 Å². The van der Waals surface area contributed by atoms with E-state index in [0.29, 0.717) is 11.8 Å². The van der Waals surface area contributed by atoms with E-state index in [0.717, 1.165) is 57.7 Å². The van der Waals surface area contributed by atoms with Crippen molar-refractivity contribution in [3.05, 3.63) is 54.1 Å². The van der Waals surface area contributed by atoms with Crippen LogP contribution >= 0.6 is 0 Å². The van der Waals surface area contributed by atoms with Gasteiger partial charge in [0.1, 0.15) is 5.82 Å². The van der Waals surface area contributed by atoms with Crippen molar-refractivity contribution in [3.63, 3.8) is 0 Å². The van der Waals surface area contributed by atoms with E-state index in [1.807, 2.05) is 12.3 Å². The van der Waals surface area contributed by atoms with Gasteiger partial charge in [-0.3, -0.25) is 15.6 Å². The number of nitrogens with one attached hydrogen (secondary N) is 2. The van der Waals surface area contributed by atoms with Crippen LogP contribution in [0.2, 0.25) is 0 Å². The van der Waals surface area contributed by atoms with Gasteiger partial charge in [0.25, 0.3) is 0 Å². The molecule has 4 rings (SSSR count). The topological polar surface area (TPSA) is 62.2 Å². The Kier molecular flexibility index (Phi) is 6.07. The molecule has 2 aromatic rings. The third-order valence-electron chi connectivity index (χ3n) is 6.13. The Morgan fingerprint density at radius 2 is 2.00 bits per heavy atom. The van der Waals surface area contributed by atoms with E-state index in [9.17, 15) is 4.79 Å². The van der Waals surface area contributed by atoms with E-state index < -0.39 is 0 Å². The summed E-state index contributed by atoms with van der Waals surface area (Å²) in [7, 11) is 0. The predicted molar refractivity (Wildman–Crippen MR) is 110 cm³/mol. The largest absolute Gasteiger partial charge is 0.342 e. The van der Waals surface area contributed by atoms with Crippen molar-refractivity contribution < 1.29 is 4.79 Å². The van der Waals surface area contributed by atoms with Gasteiger partial charge in [-0.15, -0.1) is 0 Å². The molecule has 1 amide bonds. The summed E-state index contributed by atoms with van der Waals surface area (Å²) in [5.74, 6) is 1.96. The second kappa shape index (κ2) is 8.88. The van der Waals surface area contributed by atoms with Gasteiger partial charge in [-0.1, -0.05) is 43.7 Å². The second-order valence-corrected chi connectivity index (χ2v) is 8.03. The first-order valence-corrected chi connectivity index (χ1v) is 10.6. The quantitative estimate of drug-likeness (QED) is 0.807. The van der Waals surface area contributed by atoms with E-state index in [4.69, 9.17) is 0 Å². The fourth-order valence-electron chi connectivity index (χ4n) is 4.57. The average molecular weight is 382 g/mol. The molecule has 2 unspecified atom stereocenters. The number of hydrogen-bond donors (Lipinski definition) is 2. The van der Waals surface area contributed by atoms with Crippen LogP contribution in [0.15, 0.2) is 42.7 Å². The minimum atomic E-state index is 0.0663. The Labute approximate surface area is 167 Å². The molecular weight excluding hydrogens is 350 g/mol. The van der Waals surface area contributed by atoms with Crippen LogP contribution < -0.4 is 10.9 Å². The van der Waals surface area contributed by atoms with Gasteiger partial charge in [-0.25, -0.2) is 4.98 Å². The number of benzene rings is 1. The Morgan fingerprint density at radius 3 is 2.75 bits per heavy atom. The highest BCUT2D eigenvalue weighted by atomic mass is 16.2. The fourth-order valence-corrected chi connectivity index (χ4v) is 4.57. The summed E-state index contributed by atoms with van der Waals surface area (Å²) < 4.78 is 2.26. The Morgan fingerprint density at radius 1 is 1.21 bits per heavy atom. The maximum atomic E-state index is 13.0. The lowest BCUT2D eigenvalue weighted by Crippen LogP contribution is -2.45. The SMILES string of the molecule is CCCC1NNCC1C(=O)N1CCC(c2nccn2Cc2ccccc2)CC1. The Bertz CT molecular complexity index is 766. The summed E-state index contributed by atoms with van der Waals surface area (Å²) in [4.78, 5) is 19.7. The molecule has 28 heavy (non-hydrogen) atoms. The van der Waals surface area contributed by atoms with Crippen LogP contribution in [0.3, 0.4) is 0 Å². The van der Waals surface area contributed by atoms with Crippen LogP contribution in [0, 0.1) is 5.92 Å². The van der Waals surface area contributed by atoms with Crippen molar-refractivity contribution in [2.75, 3.05) is 19.6 Å². The highest BCUT2D eigenvalue weighted by Crippen LogP contribution is 2.29. The molecule has 150 valence electrons. The van der Waals surface area contributed by atoms with Crippen molar-refractivity contribution >= 4 is 5.91 Å². The smallest absolute Gasteiger partial charge is 0.228 e. The summed E-state index contributed by atoms with van der Waals surface area (Å²) in [6, 6.07) is 10.8. The zero-order valence-electron chi connectivity index (χ0n) is 16.7. The molecule has 0 radical (unpaired) electrons. The van der Waals surface area contributed by atoms with Gasteiger partial charge >= 0.3 is 0 Å². The number of carbonyl (C=O) groups excluding carboxylic acids is 1. The molecular formula is C22H31N5O. The number of imidazole rings is 1. The summed E-state index contributed by atoms with van der Waals surface area (Å²) in [6.07, 6.45) is 8.09. The molecule has 0 saturated carbocycles. The minimum Gasteiger partial charge on any atom is -0.342 e. The predicted octanol–water partition coefficient (Wildman–Crippen LogP) is 2.53. The van der Waals surface area contributed by atoms with Crippen molar-refractivity contribution in [1.82, 2.24) is 25.3 Å². The molecule has 0 bridgehead atoms. The molecule has 0 spiro atoms. The van der Waals surface area contributed by atoms with Crippen LogP contribution in [0.4, 0.5) is 0 Å². The van der Waals surface area contributed by atoms with Gasteiger partial charge in [-0.2, -0.15) is 0 Å². The molecule has 1 aromatic heterocycles. The Balaban J connectivity index is 1.36. The highest BCUT2D eigenvalue weighted by Gasteiger charge is 2.36. The summed E-state index contributed by atoms with van der Waals surface area (Å²) in [5.41, 5.74) is 7.75. The first kappa shape index (κ1) is 19.2. The summed E-state index contributed by atoms with van der Waals surface area (Å²) >= 11 is 0. The molecule has 6 heteroatoms. The summed E-state index contributed by atoms with van der Waals surface area (Å²) in [6.45, 7) is 5.43. The second-order valence-electron chi connectivity index (χ2n) is 8.03. The van der Waals surface area contributed by atoms with E-state index in [2.05, 4.69) is 62.7 Å². The number of aromatic nitrogens is 2. The van der Waals surface area contributed by atoms with Gasteiger partial charge in [-0.05, 0) is 24.8 Å². The number of nitrogens with zero attached hydrogens (tertiary/aromatic N) is 3. The maximum absolute atomic E-state index is 13.0. The van der Waals surface area contributed by atoms with Crippen LogP contribution in [-0.4, -0.2) is 46.0 Å². The van der Waals surface area contributed by atoms with E-state index >= 15 is 0 Å². The highest BCUT2D eigenvalue weighted by molar-refractivity contribution is 5.80. The van der Waals surface area contributed by atoms with Crippen LogP contribution in [-0.2, 0) is 11.3 Å². The average Bonchev–Trinajstić information content (AvgIpc) is 3.38. The van der Waals surface area contributed by atoms with Crippen molar-refractivity contribution in [1.29, 1.82) is 0 Å². The first-order valence-electron chi connectivity index (χ1n) is 10.6. The number of amides is 1. The van der Waals surface area contributed by atoms with Crippen LogP contribution in [0.5, 0.6) is 0 Å². The molecule has 2 atom stereocenters. The molecule has 2 fully saturated rings. The maximum Gasteiger partial charge on any atom is 0.228 e. The van der Waals surface area contributed by atoms with Crippen LogP contribution in [0.1, 0.15) is 49.9 Å². The van der Waals surface area contributed by atoms with Gasteiger partial charge < -0.3 is 9.47 Å².